The van der Waals surface area contributed by atoms with Crippen LogP contribution in [-0.2, 0) is 4.79 Å². The van der Waals surface area contributed by atoms with Gasteiger partial charge in [0.05, 0.1) is 0 Å². The van der Waals surface area contributed by atoms with Gasteiger partial charge in [-0.25, -0.2) is 4.79 Å². The van der Waals surface area contributed by atoms with Crippen molar-refractivity contribution in [2.24, 2.45) is 0 Å². The van der Waals surface area contributed by atoms with Crippen LogP contribution in [-0.4, -0.2) is 23.6 Å². The molecule has 0 aliphatic rings. The molecule has 0 aliphatic carbocycles. The van der Waals surface area contributed by atoms with E-state index in [0.717, 1.165) is 5.69 Å². The fraction of sp³-hybridized carbons (Fsp3) is 0.529. The van der Waals surface area contributed by atoms with Crippen molar-refractivity contribution in [1.29, 1.82) is 0 Å². The molecule has 1 aromatic rings. The van der Waals surface area contributed by atoms with Crippen LogP contribution in [0, 0.1) is 0 Å². The lowest BCUT2D eigenvalue weighted by Crippen LogP contribution is -2.42. The van der Waals surface area contributed by atoms with Gasteiger partial charge in [-0.2, -0.15) is 0 Å². The van der Waals surface area contributed by atoms with E-state index in [4.69, 9.17) is 4.74 Å². The van der Waals surface area contributed by atoms with Crippen molar-refractivity contribution < 1.29 is 14.3 Å². The first-order valence-electron chi connectivity index (χ1n) is 7.56. The molecule has 1 aromatic carbocycles. The van der Waals surface area contributed by atoms with Crippen molar-refractivity contribution in [3.63, 3.8) is 0 Å². The molecule has 0 spiro atoms. The summed E-state index contributed by atoms with van der Waals surface area (Å²) in [4.78, 5) is 25.6. The molecule has 0 unspecified atom stereocenters. The number of rotatable bonds is 4. The summed E-state index contributed by atoms with van der Waals surface area (Å²) in [5, 5.41) is 2.73. The third-order valence-electron chi connectivity index (χ3n) is 2.87. The van der Waals surface area contributed by atoms with E-state index in [1.807, 2.05) is 47.6 Å². The van der Waals surface area contributed by atoms with Crippen LogP contribution in [0.2, 0.25) is 0 Å². The Morgan fingerprint density at radius 1 is 1.27 bits per heavy atom. The van der Waals surface area contributed by atoms with Crippen LogP contribution in [0.4, 0.5) is 10.5 Å². The van der Waals surface area contributed by atoms with Crippen molar-refractivity contribution in [2.75, 3.05) is 4.90 Å². The first kappa shape index (κ1) is 18.0. The Balaban J connectivity index is 2.93. The number of ether oxygens (including phenoxy) is 1. The van der Waals surface area contributed by atoms with Gasteiger partial charge in [0.15, 0.2) is 0 Å². The van der Waals surface area contributed by atoms with Crippen LogP contribution in [0.3, 0.4) is 0 Å². The number of carbonyl (C=O) groups excluding carboxylic acids is 2. The van der Waals surface area contributed by atoms with E-state index in [9.17, 15) is 9.59 Å². The van der Waals surface area contributed by atoms with Crippen LogP contribution in [0.15, 0.2) is 24.3 Å². The number of amides is 2. The highest BCUT2D eigenvalue weighted by atomic mass is 16.6. The zero-order chi connectivity index (χ0) is 16.9. The molecule has 0 radical (unpaired) electrons. The third-order valence-corrected chi connectivity index (χ3v) is 2.87. The number of anilines is 1. The second kappa shape index (κ2) is 7.29. The molecular weight excluding hydrogens is 280 g/mol. The summed E-state index contributed by atoms with van der Waals surface area (Å²) in [6, 6.07) is 7.04. The Labute approximate surface area is 132 Å². The number of hydrogen-bond donors (Lipinski definition) is 1. The predicted octanol–water partition coefficient (Wildman–Crippen LogP) is 3.72. The fourth-order valence-corrected chi connectivity index (χ4v) is 2.04. The van der Waals surface area contributed by atoms with Crippen LogP contribution >= 0.6 is 0 Å². The molecule has 0 heterocycles. The molecule has 0 atom stereocenters. The summed E-state index contributed by atoms with van der Waals surface area (Å²) in [5.74, 6) is 0.445. The number of nitrogens with one attached hydrogen (secondary N) is 1. The minimum absolute atomic E-state index is 0.0334. The van der Waals surface area contributed by atoms with Gasteiger partial charge < -0.3 is 15.0 Å². The molecule has 0 bridgehead atoms. The van der Waals surface area contributed by atoms with Crippen LogP contribution < -0.4 is 15.0 Å². The molecule has 2 amide bonds. The van der Waals surface area contributed by atoms with Crippen molar-refractivity contribution in [3.8, 4) is 5.75 Å². The Bertz CT molecular complexity index is 533. The highest BCUT2D eigenvalue weighted by molar-refractivity contribution is 5.93. The monoisotopic (exact) mass is 306 g/mol. The summed E-state index contributed by atoms with van der Waals surface area (Å²) in [7, 11) is 0. The lowest BCUT2D eigenvalue weighted by atomic mass is 10.1. The molecule has 22 heavy (non-hydrogen) atoms. The number of benzene rings is 1. The van der Waals surface area contributed by atoms with Gasteiger partial charge >= 0.3 is 6.09 Å². The van der Waals surface area contributed by atoms with Gasteiger partial charge in [0.2, 0.25) is 5.91 Å². The van der Waals surface area contributed by atoms with E-state index in [1.165, 1.54) is 0 Å². The minimum atomic E-state index is -0.512. The summed E-state index contributed by atoms with van der Waals surface area (Å²) in [6.07, 6.45) is -0.0871. The van der Waals surface area contributed by atoms with E-state index in [0.29, 0.717) is 12.2 Å². The summed E-state index contributed by atoms with van der Waals surface area (Å²) in [6.45, 7) is 11.4. The highest BCUT2D eigenvalue weighted by Crippen LogP contribution is 2.24. The molecule has 0 saturated heterocycles. The maximum Gasteiger partial charge on any atom is 0.413 e. The zero-order valence-corrected chi connectivity index (χ0v) is 14.3. The quantitative estimate of drug-likeness (QED) is 0.922. The molecule has 0 aliphatic heterocycles. The van der Waals surface area contributed by atoms with Crippen molar-refractivity contribution >= 4 is 17.7 Å². The number of hydrogen-bond acceptors (Lipinski definition) is 3. The molecule has 1 rings (SSSR count). The average Bonchev–Trinajstić information content (AvgIpc) is 2.36. The number of carbonyl (C=O) groups is 2. The SMILES string of the molecule is CCC(=O)N(c1cccc(OC(=O)NC(C)(C)C)c1)C(C)C. The van der Waals surface area contributed by atoms with E-state index in [-0.39, 0.29) is 17.5 Å². The van der Waals surface area contributed by atoms with Gasteiger partial charge in [0, 0.05) is 29.8 Å². The highest BCUT2D eigenvalue weighted by Gasteiger charge is 2.19. The van der Waals surface area contributed by atoms with Crippen molar-refractivity contribution in [1.82, 2.24) is 5.32 Å². The van der Waals surface area contributed by atoms with Crippen LogP contribution in [0.25, 0.3) is 0 Å². The minimum Gasteiger partial charge on any atom is -0.410 e. The van der Waals surface area contributed by atoms with Gasteiger partial charge in [-0.3, -0.25) is 4.79 Å². The van der Waals surface area contributed by atoms with Crippen molar-refractivity contribution in [2.45, 2.75) is 59.5 Å². The maximum atomic E-state index is 12.1. The maximum absolute atomic E-state index is 12.1. The van der Waals surface area contributed by atoms with Gasteiger partial charge in [0.1, 0.15) is 5.75 Å². The first-order valence-corrected chi connectivity index (χ1v) is 7.56. The normalized spacial score (nSPS) is 11.2. The van der Waals surface area contributed by atoms with Gasteiger partial charge in [-0.15, -0.1) is 0 Å². The molecule has 1 N–H and O–H groups in total. The Hall–Kier alpha value is -2.04. The lowest BCUT2D eigenvalue weighted by Gasteiger charge is -2.27. The van der Waals surface area contributed by atoms with Gasteiger partial charge in [-0.05, 0) is 46.8 Å². The van der Waals surface area contributed by atoms with Gasteiger partial charge in [0.25, 0.3) is 0 Å². The smallest absolute Gasteiger partial charge is 0.410 e. The standard InChI is InChI=1S/C17H26N2O3/c1-7-15(20)19(12(2)3)13-9-8-10-14(11-13)22-16(21)18-17(4,5)6/h8-12H,7H2,1-6H3,(H,18,21). The zero-order valence-electron chi connectivity index (χ0n) is 14.3. The summed E-state index contributed by atoms with van der Waals surface area (Å²) in [5.41, 5.74) is 0.361. The molecule has 5 heteroatoms. The van der Waals surface area contributed by atoms with E-state index < -0.39 is 6.09 Å². The van der Waals surface area contributed by atoms with Crippen LogP contribution in [0.5, 0.6) is 5.75 Å². The molecule has 0 fully saturated rings. The fourth-order valence-electron chi connectivity index (χ4n) is 2.04. The molecule has 0 saturated carbocycles. The molecule has 5 nitrogen and oxygen atoms in total. The lowest BCUT2D eigenvalue weighted by molar-refractivity contribution is -0.118. The predicted molar refractivity (Wildman–Crippen MR) is 88.3 cm³/mol. The number of nitrogens with zero attached hydrogens (tertiary/aromatic N) is 1. The summed E-state index contributed by atoms with van der Waals surface area (Å²) < 4.78 is 5.29. The molecule has 122 valence electrons. The van der Waals surface area contributed by atoms with E-state index >= 15 is 0 Å². The van der Waals surface area contributed by atoms with Crippen molar-refractivity contribution in [3.05, 3.63) is 24.3 Å². The van der Waals surface area contributed by atoms with E-state index in [2.05, 4.69) is 5.32 Å². The average molecular weight is 306 g/mol. The molecule has 0 aromatic heterocycles. The Morgan fingerprint density at radius 2 is 1.91 bits per heavy atom. The van der Waals surface area contributed by atoms with E-state index in [1.54, 1.807) is 23.1 Å². The topological polar surface area (TPSA) is 58.6 Å². The Kier molecular flexibility index (Phi) is 5.97. The second-order valence-corrected chi connectivity index (χ2v) is 6.47. The molecular formula is C17H26N2O3. The third kappa shape index (κ3) is 5.39. The largest absolute Gasteiger partial charge is 0.413 e. The first-order chi connectivity index (χ1) is 10.1. The summed E-state index contributed by atoms with van der Waals surface area (Å²) >= 11 is 0. The van der Waals surface area contributed by atoms with Gasteiger partial charge in [-0.1, -0.05) is 13.0 Å². The van der Waals surface area contributed by atoms with Crippen LogP contribution in [0.1, 0.15) is 48.0 Å². The Morgan fingerprint density at radius 3 is 2.41 bits per heavy atom. The second-order valence-electron chi connectivity index (χ2n) is 6.47.